The number of benzene rings is 1. The van der Waals surface area contributed by atoms with Crippen molar-refractivity contribution in [1.29, 1.82) is 0 Å². The maximum atomic E-state index is 11.9. The van der Waals surface area contributed by atoms with E-state index in [1.165, 1.54) is 0 Å². The smallest absolute Gasteiger partial charge is 0.232 e. The highest BCUT2D eigenvalue weighted by atomic mass is 16.1. The molecule has 0 saturated heterocycles. The molecule has 0 aliphatic heterocycles. The Bertz CT molecular complexity index is 573. The van der Waals surface area contributed by atoms with Crippen LogP contribution in [0.1, 0.15) is 0 Å². The van der Waals surface area contributed by atoms with Crippen LogP contribution in [0.2, 0.25) is 0 Å². The van der Waals surface area contributed by atoms with E-state index in [0.717, 1.165) is 16.6 Å². The largest absolute Gasteiger partial charge is 0.326 e. The van der Waals surface area contributed by atoms with E-state index >= 15 is 0 Å². The number of carbonyl (C=O) groups is 1. The highest BCUT2D eigenvalue weighted by Gasteiger charge is 2.24. The first-order chi connectivity index (χ1) is 8.83. The molecule has 0 unspecified atom stereocenters. The van der Waals surface area contributed by atoms with Crippen molar-refractivity contribution >= 4 is 22.5 Å². The van der Waals surface area contributed by atoms with Crippen LogP contribution < -0.4 is 5.32 Å². The Kier molecular flexibility index (Phi) is 2.97. The molecule has 5 radical (unpaired) electrons. The summed E-state index contributed by atoms with van der Waals surface area (Å²) in [4.78, 5) is 16.1. The minimum Gasteiger partial charge on any atom is -0.326 e. The molecule has 2 aromatic rings. The van der Waals surface area contributed by atoms with E-state index in [1.54, 1.807) is 19.0 Å². The zero-order valence-electron chi connectivity index (χ0n) is 9.63. The third-order valence-corrected chi connectivity index (χ3v) is 2.79. The van der Waals surface area contributed by atoms with Crippen LogP contribution >= 0.6 is 0 Å². The van der Waals surface area contributed by atoms with Gasteiger partial charge < -0.3 is 5.32 Å². The molecular formula is C15H11N2O. The summed E-state index contributed by atoms with van der Waals surface area (Å²) in [6.45, 7) is 0. The number of anilines is 1. The summed E-state index contributed by atoms with van der Waals surface area (Å²) in [5, 5.41) is 3.88. The van der Waals surface area contributed by atoms with Gasteiger partial charge in [0, 0.05) is 17.3 Å². The van der Waals surface area contributed by atoms with Crippen molar-refractivity contribution in [3.05, 3.63) is 68.1 Å². The van der Waals surface area contributed by atoms with Gasteiger partial charge in [0.15, 0.2) is 0 Å². The lowest BCUT2D eigenvalue weighted by Gasteiger charge is -2.09. The number of nitrogens with zero attached hydrogens (tertiary/aromatic N) is 1. The van der Waals surface area contributed by atoms with Crippen LogP contribution in [0.5, 0.6) is 0 Å². The van der Waals surface area contributed by atoms with Gasteiger partial charge in [-0.2, -0.15) is 0 Å². The molecule has 1 aliphatic carbocycles. The summed E-state index contributed by atoms with van der Waals surface area (Å²) in [5.41, 5.74) is 1.70. The molecule has 3 nitrogen and oxygen atoms in total. The third-order valence-electron chi connectivity index (χ3n) is 2.79. The van der Waals surface area contributed by atoms with Crippen LogP contribution in [-0.2, 0) is 4.79 Å². The Labute approximate surface area is 106 Å². The quantitative estimate of drug-likeness (QED) is 0.869. The van der Waals surface area contributed by atoms with Gasteiger partial charge in [0.2, 0.25) is 5.91 Å². The van der Waals surface area contributed by atoms with Crippen LogP contribution in [0, 0.1) is 31.6 Å². The number of hydrogen-bond acceptors (Lipinski definition) is 2. The lowest BCUT2D eigenvalue weighted by Crippen LogP contribution is -2.19. The number of carbonyl (C=O) groups excluding carboxylic acids is 1. The molecule has 1 aliphatic rings. The summed E-state index contributed by atoms with van der Waals surface area (Å²) in [5.74, 6) is 0.574. The van der Waals surface area contributed by atoms with Gasteiger partial charge in [-0.3, -0.25) is 9.78 Å². The Balaban J connectivity index is 1.79. The van der Waals surface area contributed by atoms with E-state index in [0.29, 0.717) is 5.92 Å². The maximum Gasteiger partial charge on any atom is 0.232 e. The fourth-order valence-electron chi connectivity index (χ4n) is 1.88. The van der Waals surface area contributed by atoms with Crippen molar-refractivity contribution in [3.63, 3.8) is 0 Å². The first-order valence-electron chi connectivity index (χ1n) is 5.71. The van der Waals surface area contributed by atoms with E-state index in [2.05, 4.69) is 10.3 Å². The first kappa shape index (κ1) is 11.2. The fourth-order valence-corrected chi connectivity index (χ4v) is 1.88. The van der Waals surface area contributed by atoms with Gasteiger partial charge in [0.05, 0.1) is 11.4 Å². The second kappa shape index (κ2) is 4.77. The van der Waals surface area contributed by atoms with Gasteiger partial charge >= 0.3 is 0 Å². The molecule has 1 heterocycles. The maximum absolute atomic E-state index is 11.9. The number of pyridine rings is 1. The SMILES string of the molecule is O=C(Nc1ccc2ncccc2c1)[C]1[CH][CH][CH][CH]1. The lowest BCUT2D eigenvalue weighted by molar-refractivity contribution is -0.113. The number of nitrogens with one attached hydrogen (secondary N) is 1. The van der Waals surface area contributed by atoms with Crippen LogP contribution in [0.15, 0.2) is 36.5 Å². The lowest BCUT2D eigenvalue weighted by atomic mass is 10.1. The number of amides is 1. The van der Waals surface area contributed by atoms with Gasteiger partial charge in [0.1, 0.15) is 0 Å². The topological polar surface area (TPSA) is 42.0 Å². The molecule has 1 N–H and O–H groups in total. The Morgan fingerprint density at radius 1 is 1.11 bits per heavy atom. The van der Waals surface area contributed by atoms with Crippen LogP contribution in [0.3, 0.4) is 0 Å². The number of fused-ring (bicyclic) bond motifs is 1. The monoisotopic (exact) mass is 235 g/mol. The number of aromatic nitrogens is 1. The second-order valence-corrected chi connectivity index (χ2v) is 4.04. The van der Waals surface area contributed by atoms with E-state index in [-0.39, 0.29) is 5.91 Å². The van der Waals surface area contributed by atoms with Gasteiger partial charge in [-0.05, 0) is 49.9 Å². The van der Waals surface area contributed by atoms with Crippen molar-refractivity contribution in [1.82, 2.24) is 4.98 Å². The molecule has 0 bridgehead atoms. The molecular weight excluding hydrogens is 224 g/mol. The summed E-state index contributed by atoms with van der Waals surface area (Å²) >= 11 is 0. The van der Waals surface area contributed by atoms with Gasteiger partial charge in [-0.1, -0.05) is 6.07 Å². The van der Waals surface area contributed by atoms with E-state index in [1.807, 2.05) is 43.2 Å². The van der Waals surface area contributed by atoms with Crippen molar-refractivity contribution in [2.75, 3.05) is 5.32 Å². The Hall–Kier alpha value is -1.90. The van der Waals surface area contributed by atoms with Crippen molar-refractivity contribution in [2.24, 2.45) is 0 Å². The molecule has 1 aromatic carbocycles. The molecule has 18 heavy (non-hydrogen) atoms. The molecule has 87 valence electrons. The van der Waals surface area contributed by atoms with Gasteiger partial charge in [-0.15, -0.1) is 0 Å². The van der Waals surface area contributed by atoms with Crippen molar-refractivity contribution in [3.8, 4) is 0 Å². The zero-order valence-corrected chi connectivity index (χ0v) is 9.63. The van der Waals surface area contributed by atoms with Gasteiger partial charge in [-0.25, -0.2) is 0 Å². The number of rotatable bonds is 2. The molecule has 3 rings (SSSR count). The zero-order chi connectivity index (χ0) is 12.4. The summed E-state index contributed by atoms with van der Waals surface area (Å²) in [7, 11) is 0. The summed E-state index contributed by atoms with van der Waals surface area (Å²) < 4.78 is 0. The van der Waals surface area contributed by atoms with Crippen molar-refractivity contribution in [2.45, 2.75) is 0 Å². The standard InChI is InChI=1S/C15H11N2O/c18-15(11-4-1-2-5-11)17-13-7-8-14-12(10-13)6-3-9-16-14/h1-10H,(H,17,18). The first-order valence-corrected chi connectivity index (χ1v) is 5.71. The second-order valence-electron chi connectivity index (χ2n) is 4.04. The molecule has 1 aromatic heterocycles. The van der Waals surface area contributed by atoms with E-state index in [9.17, 15) is 4.79 Å². The average molecular weight is 235 g/mol. The predicted molar refractivity (Wildman–Crippen MR) is 70.8 cm³/mol. The van der Waals surface area contributed by atoms with Crippen LogP contribution in [-0.4, -0.2) is 10.9 Å². The molecule has 1 amide bonds. The minimum absolute atomic E-state index is 0.0942. The fraction of sp³-hybridized carbons (Fsp3) is 0. The molecule has 1 fully saturated rings. The predicted octanol–water partition coefficient (Wildman–Crippen LogP) is 2.58. The summed E-state index contributed by atoms with van der Waals surface area (Å²) in [6, 6.07) is 9.53. The van der Waals surface area contributed by atoms with Crippen molar-refractivity contribution < 1.29 is 4.79 Å². The van der Waals surface area contributed by atoms with Gasteiger partial charge in [0.25, 0.3) is 0 Å². The third kappa shape index (κ3) is 2.21. The van der Waals surface area contributed by atoms with Crippen LogP contribution in [0.25, 0.3) is 10.9 Å². The highest BCUT2D eigenvalue weighted by molar-refractivity contribution is 6.05. The summed E-state index contributed by atoms with van der Waals surface area (Å²) in [6.07, 6.45) is 9.03. The molecule has 0 spiro atoms. The Morgan fingerprint density at radius 2 is 1.94 bits per heavy atom. The number of hydrogen-bond donors (Lipinski definition) is 1. The molecule has 3 heteroatoms. The van der Waals surface area contributed by atoms with E-state index < -0.39 is 0 Å². The Morgan fingerprint density at radius 3 is 2.78 bits per heavy atom. The minimum atomic E-state index is -0.0942. The highest BCUT2D eigenvalue weighted by Crippen LogP contribution is 2.25. The molecule has 0 atom stereocenters. The normalized spacial score (nSPS) is 16.0. The van der Waals surface area contributed by atoms with E-state index in [4.69, 9.17) is 0 Å². The molecule has 1 saturated carbocycles. The average Bonchev–Trinajstić information content (AvgIpc) is 2.92. The van der Waals surface area contributed by atoms with Crippen LogP contribution in [0.4, 0.5) is 5.69 Å².